The molecule has 0 atom stereocenters. The predicted molar refractivity (Wildman–Crippen MR) is 209 cm³/mol. The van der Waals surface area contributed by atoms with Gasteiger partial charge in [0.2, 0.25) is 5.69 Å². The van der Waals surface area contributed by atoms with Gasteiger partial charge in [-0.05, 0) is 48.3 Å². The molecule has 1 amide bonds. The van der Waals surface area contributed by atoms with Crippen LogP contribution in [0.25, 0.3) is 15.8 Å². The number of anilines is 2. The summed E-state index contributed by atoms with van der Waals surface area (Å²) in [5.41, 5.74) is 2.00. The van der Waals surface area contributed by atoms with Crippen molar-refractivity contribution in [3.8, 4) is 0 Å². The minimum atomic E-state index is -4.79. The summed E-state index contributed by atoms with van der Waals surface area (Å²) >= 11 is 13.2. The second kappa shape index (κ2) is 16.6. The summed E-state index contributed by atoms with van der Waals surface area (Å²) in [5, 5.41) is 9.48. The molecule has 21 heteroatoms. The number of allylic oxidation sites excluding steroid dienone is 3. The summed E-state index contributed by atoms with van der Waals surface area (Å²) in [6, 6.07) is 12.3. The van der Waals surface area contributed by atoms with Crippen LogP contribution in [0.5, 0.6) is 0 Å². The molecule has 284 valence electrons. The molecule has 2 aliphatic heterocycles. The topological polar surface area (TPSA) is 205 Å². The zero-order valence-corrected chi connectivity index (χ0v) is 32.8. The van der Waals surface area contributed by atoms with Gasteiger partial charge in [0.05, 0.1) is 48.5 Å². The first kappa shape index (κ1) is 40.8. The van der Waals surface area contributed by atoms with Gasteiger partial charge < -0.3 is 24.0 Å². The summed E-state index contributed by atoms with van der Waals surface area (Å²) in [5.74, 6) is -3.18. The SMILES string of the molecule is [C-]#[N+]c1cc2c(cc1Cl)N(C)C(=CC=C(C=c1s/c(=C3/SC(=S)N(CC(=O)O)C3=O)n(CCS(=O)(=O)[O-])c1=O)Cc1ccccc1)N2CCCS(=O)(=O)[O-]. The molecular weight excluding hydrogens is 822 g/mol. The second-order valence-electron chi connectivity index (χ2n) is 11.8. The number of carbonyl (C=O) groups excluding carboxylic acids is 1. The molecule has 3 aromatic rings. The average Bonchev–Trinajstić information content (AvgIpc) is 3.64. The van der Waals surface area contributed by atoms with Crippen molar-refractivity contribution in [1.29, 1.82) is 0 Å². The average molecular weight is 850 g/mol. The standard InChI is InChI=1S/C33H30ClN5O10S5/c1-35-23-18-25-24(17-22(23)34)36(2)27(37(25)11-6-13-53(44,45)46)10-9-21(15-20-7-4-3-5-8-20)16-26-30(42)38(12-14-54(47,48)49)32(51-26)29-31(43)39(19-28(40)41)33(50)52-29/h3-5,7-10,16-18H,6,11-15,19H2,2H3,(H,40,41)(H,44,45,46)(H,47,48,49)/p-2/b21-9?,26-16?,27-10?,32-29+. The predicted octanol–water partition coefficient (Wildman–Crippen LogP) is 2.39. The van der Waals surface area contributed by atoms with Gasteiger partial charge in [-0.3, -0.25) is 23.9 Å². The maximum Gasteiger partial charge on any atom is 0.323 e. The van der Waals surface area contributed by atoms with E-state index in [0.717, 1.165) is 38.1 Å². The van der Waals surface area contributed by atoms with E-state index in [-0.39, 0.29) is 48.5 Å². The highest BCUT2D eigenvalue weighted by Gasteiger charge is 2.35. The lowest BCUT2D eigenvalue weighted by Gasteiger charge is -2.23. The van der Waals surface area contributed by atoms with Crippen LogP contribution in [0.4, 0.5) is 17.1 Å². The van der Waals surface area contributed by atoms with Crippen LogP contribution in [-0.4, -0.2) is 88.4 Å². The fraction of sp³-hybridized carbons (Fsp3) is 0.242. The third kappa shape index (κ3) is 9.66. The molecule has 0 aliphatic carbocycles. The van der Waals surface area contributed by atoms with Gasteiger partial charge in [-0.15, -0.1) is 11.3 Å². The van der Waals surface area contributed by atoms with Gasteiger partial charge in [0.15, 0.2) is 0 Å². The van der Waals surface area contributed by atoms with Crippen molar-refractivity contribution in [2.45, 2.75) is 19.4 Å². The van der Waals surface area contributed by atoms with Crippen LogP contribution in [-0.2, 0) is 42.8 Å². The molecule has 1 N–H and O–H groups in total. The number of amides is 1. The van der Waals surface area contributed by atoms with E-state index in [4.69, 9.17) is 30.4 Å². The minimum absolute atomic E-state index is 0.00415. The van der Waals surface area contributed by atoms with Crippen molar-refractivity contribution in [1.82, 2.24) is 9.47 Å². The number of hydrogen-bond acceptors (Lipinski definition) is 14. The summed E-state index contributed by atoms with van der Waals surface area (Å²) in [7, 11) is -7.57. The van der Waals surface area contributed by atoms with Crippen LogP contribution >= 0.6 is 46.9 Å². The van der Waals surface area contributed by atoms with Gasteiger partial charge in [0.1, 0.15) is 26.3 Å². The largest absolute Gasteiger partial charge is 0.748 e. The summed E-state index contributed by atoms with van der Waals surface area (Å²) in [4.78, 5) is 46.3. The molecule has 0 spiro atoms. The lowest BCUT2D eigenvalue weighted by atomic mass is 10.0. The van der Waals surface area contributed by atoms with Crippen molar-refractivity contribution in [3.05, 3.63) is 108 Å². The number of thioether (sulfide) groups is 1. The van der Waals surface area contributed by atoms with Crippen molar-refractivity contribution in [3.63, 3.8) is 0 Å². The molecule has 1 fully saturated rings. The minimum Gasteiger partial charge on any atom is -0.748 e. The molecule has 2 aliphatic rings. The molecule has 1 saturated heterocycles. The van der Waals surface area contributed by atoms with Crippen LogP contribution in [0.3, 0.4) is 0 Å². The molecular formula is C33H28ClN5O10S5-2. The highest BCUT2D eigenvalue weighted by atomic mass is 35.5. The molecule has 5 rings (SSSR count). The van der Waals surface area contributed by atoms with Crippen LogP contribution < -0.4 is 24.6 Å². The zero-order chi connectivity index (χ0) is 39.5. The van der Waals surface area contributed by atoms with E-state index in [2.05, 4.69) is 4.85 Å². The van der Waals surface area contributed by atoms with Crippen LogP contribution in [0.15, 0.2) is 70.8 Å². The zero-order valence-electron chi connectivity index (χ0n) is 28.0. The van der Waals surface area contributed by atoms with E-state index in [0.29, 0.717) is 22.8 Å². The number of carboxylic acid groups (broad SMARTS) is 1. The number of fused-ring (bicyclic) bond motifs is 1. The van der Waals surface area contributed by atoms with E-state index >= 15 is 0 Å². The fourth-order valence-corrected chi connectivity index (χ4v) is 9.25. The first-order valence-corrected chi connectivity index (χ1v) is 21.2. The van der Waals surface area contributed by atoms with Crippen molar-refractivity contribution in [2.75, 3.05) is 41.4 Å². The number of aromatic nitrogens is 1. The Bertz CT molecular complexity index is 2560. The number of carboxylic acids is 1. The maximum atomic E-state index is 13.9. The third-order valence-corrected chi connectivity index (χ3v) is 12.5. The maximum absolute atomic E-state index is 13.9. The normalized spacial score (nSPS) is 17.2. The molecule has 3 heterocycles. The highest BCUT2D eigenvalue weighted by Crippen LogP contribution is 2.46. The number of aliphatic carboxylic acids is 1. The smallest absolute Gasteiger partial charge is 0.323 e. The molecule has 54 heavy (non-hydrogen) atoms. The Labute approximate surface area is 328 Å². The van der Waals surface area contributed by atoms with Crippen molar-refractivity contribution in [2.24, 2.45) is 0 Å². The number of nitrogens with zero attached hydrogens (tertiary/aromatic N) is 5. The third-order valence-electron chi connectivity index (χ3n) is 8.04. The number of hydrogen-bond donors (Lipinski definition) is 1. The first-order chi connectivity index (χ1) is 25.4. The van der Waals surface area contributed by atoms with E-state index in [9.17, 15) is 45.4 Å². The Balaban J connectivity index is 1.69. The summed E-state index contributed by atoms with van der Waals surface area (Å²) < 4.78 is 70.1. The number of rotatable bonds is 13. The van der Waals surface area contributed by atoms with Crippen LogP contribution in [0, 0.1) is 6.57 Å². The second-order valence-corrected chi connectivity index (χ2v) is 17.9. The van der Waals surface area contributed by atoms with Crippen molar-refractivity contribution >= 4 is 111 Å². The number of thiocarbonyl (C=S) groups is 1. The van der Waals surface area contributed by atoms with Gasteiger partial charge in [0.25, 0.3) is 11.5 Å². The molecule has 1 aromatic heterocycles. The Morgan fingerprint density at radius 1 is 1.04 bits per heavy atom. The molecule has 0 unspecified atom stereocenters. The Hall–Kier alpha value is -4.33. The van der Waals surface area contributed by atoms with Gasteiger partial charge >= 0.3 is 5.97 Å². The lowest BCUT2D eigenvalue weighted by Crippen LogP contribution is -2.36. The van der Waals surface area contributed by atoms with E-state index in [1.54, 1.807) is 47.2 Å². The van der Waals surface area contributed by atoms with Crippen molar-refractivity contribution < 1.29 is 40.6 Å². The van der Waals surface area contributed by atoms with Crippen LogP contribution in [0.2, 0.25) is 5.02 Å². The van der Waals surface area contributed by atoms with Gasteiger partial charge in [-0.2, -0.15) is 0 Å². The van der Waals surface area contributed by atoms with Crippen LogP contribution in [0.1, 0.15) is 12.0 Å². The highest BCUT2D eigenvalue weighted by molar-refractivity contribution is 8.30. The number of carbonyl (C=O) groups is 2. The van der Waals surface area contributed by atoms with Gasteiger partial charge in [-0.25, -0.2) is 21.7 Å². The molecule has 0 bridgehead atoms. The summed E-state index contributed by atoms with van der Waals surface area (Å²) in [6.07, 6.45) is 5.20. The first-order valence-electron chi connectivity index (χ1n) is 15.6. The molecule has 15 nitrogen and oxygen atoms in total. The summed E-state index contributed by atoms with van der Waals surface area (Å²) in [6.45, 7) is 6.29. The van der Waals surface area contributed by atoms with Gasteiger partial charge in [0, 0.05) is 30.9 Å². The quantitative estimate of drug-likeness (QED) is 0.149. The Morgan fingerprint density at radius 2 is 1.72 bits per heavy atom. The molecule has 0 saturated carbocycles. The number of benzene rings is 2. The molecule has 2 aromatic carbocycles. The molecule has 0 radical (unpaired) electrons. The lowest BCUT2D eigenvalue weighted by molar-refractivity contribution is -0.140. The number of halogens is 1. The van der Waals surface area contributed by atoms with E-state index in [1.165, 1.54) is 0 Å². The monoisotopic (exact) mass is 849 g/mol. The number of thiazole rings is 1. The van der Waals surface area contributed by atoms with Gasteiger partial charge in [-0.1, -0.05) is 72.0 Å². The fourth-order valence-electron chi connectivity index (χ4n) is 5.61. The van der Waals surface area contributed by atoms with E-state index in [1.807, 2.05) is 30.3 Å². The Morgan fingerprint density at radius 3 is 2.35 bits per heavy atom. The Kier molecular flexibility index (Phi) is 12.5. The van der Waals surface area contributed by atoms with E-state index < -0.39 is 62.3 Å².